The van der Waals surface area contributed by atoms with Gasteiger partial charge < -0.3 is 15.7 Å². The van der Waals surface area contributed by atoms with Gasteiger partial charge in [0.2, 0.25) is 5.91 Å². The van der Waals surface area contributed by atoms with Gasteiger partial charge in [-0.3, -0.25) is 4.79 Å². The normalized spacial score (nSPS) is 11.7. The zero-order valence-electron chi connectivity index (χ0n) is 10.8. The molecule has 1 atom stereocenters. The number of amides is 1. The number of phenols is 1. The predicted octanol–water partition coefficient (Wildman–Crippen LogP) is 2.74. The molecule has 5 heteroatoms. The third kappa shape index (κ3) is 4.00. The first kappa shape index (κ1) is 14.4. The fraction of sp³-hybridized carbons (Fsp3) is 0.385. The summed E-state index contributed by atoms with van der Waals surface area (Å²) in [6, 6.07) is 5.36. The molecule has 0 aliphatic rings. The molecule has 0 radical (unpaired) electrons. The highest BCUT2D eigenvalue weighted by molar-refractivity contribution is 7.80. The third-order valence-corrected chi connectivity index (χ3v) is 2.94. The van der Waals surface area contributed by atoms with Crippen LogP contribution in [-0.2, 0) is 4.79 Å². The maximum Gasteiger partial charge on any atom is 0.222 e. The van der Waals surface area contributed by atoms with Gasteiger partial charge in [-0.25, -0.2) is 0 Å². The van der Waals surface area contributed by atoms with Crippen LogP contribution in [0.5, 0.6) is 5.75 Å². The summed E-state index contributed by atoms with van der Waals surface area (Å²) in [5.74, 6) is 0.264. The number of nitrogens with one attached hydrogen (secondary N) is 2. The van der Waals surface area contributed by atoms with Crippen molar-refractivity contribution in [3.63, 3.8) is 0 Å². The Morgan fingerprint density at radius 3 is 2.72 bits per heavy atom. The second-order valence-corrected chi connectivity index (χ2v) is 4.63. The van der Waals surface area contributed by atoms with E-state index in [0.29, 0.717) is 11.6 Å². The lowest BCUT2D eigenvalue weighted by atomic mass is 9.98. The molecule has 1 aromatic rings. The standard InChI is InChI=1S/C13H18N2O2S/c1-4-8(2)10-5-6-12(17)11(7-10)15-13(18)14-9(3)16/h5-8,17H,4H2,1-3H3,(H2,14,15,16,18). The number of hydrogen-bond acceptors (Lipinski definition) is 3. The average molecular weight is 266 g/mol. The molecule has 1 aromatic carbocycles. The largest absolute Gasteiger partial charge is 0.506 e. The molecule has 1 amide bonds. The molecule has 18 heavy (non-hydrogen) atoms. The van der Waals surface area contributed by atoms with Crippen LogP contribution in [0, 0.1) is 0 Å². The van der Waals surface area contributed by atoms with E-state index in [2.05, 4.69) is 24.5 Å². The van der Waals surface area contributed by atoms with Gasteiger partial charge in [0.25, 0.3) is 0 Å². The lowest BCUT2D eigenvalue weighted by Gasteiger charge is -2.14. The van der Waals surface area contributed by atoms with Crippen LogP contribution in [0.15, 0.2) is 18.2 Å². The van der Waals surface area contributed by atoms with E-state index in [1.54, 1.807) is 6.07 Å². The van der Waals surface area contributed by atoms with Crippen LogP contribution >= 0.6 is 12.2 Å². The highest BCUT2D eigenvalue weighted by atomic mass is 32.1. The number of carbonyl (C=O) groups is 1. The van der Waals surface area contributed by atoms with Crippen molar-refractivity contribution in [1.29, 1.82) is 0 Å². The Bertz CT molecular complexity index is 460. The number of thiocarbonyl (C=S) groups is 1. The van der Waals surface area contributed by atoms with Gasteiger partial charge in [0.05, 0.1) is 5.69 Å². The number of phenolic OH excluding ortho intramolecular Hbond substituents is 1. The van der Waals surface area contributed by atoms with Crippen molar-refractivity contribution in [3.8, 4) is 5.75 Å². The number of anilines is 1. The van der Waals surface area contributed by atoms with Gasteiger partial charge in [0.1, 0.15) is 5.75 Å². The predicted molar refractivity (Wildman–Crippen MR) is 76.9 cm³/mol. The molecule has 98 valence electrons. The fourth-order valence-corrected chi connectivity index (χ4v) is 1.76. The highest BCUT2D eigenvalue weighted by Gasteiger charge is 2.09. The Morgan fingerprint density at radius 1 is 1.50 bits per heavy atom. The van der Waals surface area contributed by atoms with Gasteiger partial charge >= 0.3 is 0 Å². The molecule has 0 fully saturated rings. The molecule has 0 spiro atoms. The summed E-state index contributed by atoms with van der Waals surface area (Å²) >= 11 is 4.96. The van der Waals surface area contributed by atoms with Gasteiger partial charge in [-0.15, -0.1) is 0 Å². The van der Waals surface area contributed by atoms with Crippen LogP contribution in [-0.4, -0.2) is 16.1 Å². The molecule has 4 nitrogen and oxygen atoms in total. The summed E-state index contributed by atoms with van der Waals surface area (Å²) in [5.41, 5.74) is 1.62. The summed E-state index contributed by atoms with van der Waals surface area (Å²) in [4.78, 5) is 10.8. The molecule has 0 heterocycles. The quantitative estimate of drug-likeness (QED) is 0.581. The Hall–Kier alpha value is -1.62. The minimum Gasteiger partial charge on any atom is -0.506 e. The van der Waals surface area contributed by atoms with Gasteiger partial charge in [0.15, 0.2) is 5.11 Å². The van der Waals surface area contributed by atoms with Crippen molar-refractivity contribution in [3.05, 3.63) is 23.8 Å². The van der Waals surface area contributed by atoms with Crippen molar-refractivity contribution in [2.45, 2.75) is 33.1 Å². The van der Waals surface area contributed by atoms with E-state index in [4.69, 9.17) is 12.2 Å². The molecule has 0 aromatic heterocycles. The molecule has 1 unspecified atom stereocenters. The SMILES string of the molecule is CCC(C)c1ccc(O)c(NC(=S)NC(C)=O)c1. The number of aromatic hydroxyl groups is 1. The van der Waals surface area contributed by atoms with Gasteiger partial charge in [0, 0.05) is 6.92 Å². The fourth-order valence-electron chi connectivity index (χ4n) is 1.51. The molecular formula is C13H18N2O2S. The van der Waals surface area contributed by atoms with Gasteiger partial charge in [-0.2, -0.15) is 0 Å². The van der Waals surface area contributed by atoms with E-state index in [-0.39, 0.29) is 16.8 Å². The molecule has 0 saturated carbocycles. The smallest absolute Gasteiger partial charge is 0.222 e. The summed E-state index contributed by atoms with van der Waals surface area (Å²) in [7, 11) is 0. The van der Waals surface area contributed by atoms with Crippen LogP contribution in [0.3, 0.4) is 0 Å². The Kier molecular flexibility index (Phi) is 5.09. The second kappa shape index (κ2) is 6.35. The minimum absolute atomic E-state index is 0.106. The molecular weight excluding hydrogens is 248 g/mol. The van der Waals surface area contributed by atoms with E-state index in [0.717, 1.165) is 12.0 Å². The van der Waals surface area contributed by atoms with E-state index in [1.807, 2.05) is 12.1 Å². The number of benzene rings is 1. The van der Waals surface area contributed by atoms with E-state index >= 15 is 0 Å². The van der Waals surface area contributed by atoms with Crippen LogP contribution in [0.25, 0.3) is 0 Å². The number of rotatable bonds is 3. The van der Waals surface area contributed by atoms with Crippen LogP contribution in [0.2, 0.25) is 0 Å². The summed E-state index contributed by atoms with van der Waals surface area (Å²) in [6.45, 7) is 5.60. The van der Waals surface area contributed by atoms with E-state index in [9.17, 15) is 9.90 Å². The number of hydrogen-bond donors (Lipinski definition) is 3. The maximum atomic E-state index is 10.8. The molecule has 3 N–H and O–H groups in total. The lowest BCUT2D eigenvalue weighted by molar-refractivity contribution is -0.117. The number of carbonyl (C=O) groups excluding carboxylic acids is 1. The molecule has 0 saturated heterocycles. The van der Waals surface area contributed by atoms with Crippen molar-refractivity contribution in [1.82, 2.24) is 5.32 Å². The maximum absolute atomic E-state index is 10.8. The summed E-state index contributed by atoms with van der Waals surface area (Å²) in [6.07, 6.45) is 1.01. The third-order valence-electron chi connectivity index (χ3n) is 2.74. The zero-order chi connectivity index (χ0) is 13.7. The minimum atomic E-state index is -0.245. The van der Waals surface area contributed by atoms with Crippen LogP contribution in [0.4, 0.5) is 5.69 Å². The topological polar surface area (TPSA) is 61.4 Å². The summed E-state index contributed by atoms with van der Waals surface area (Å²) in [5, 5.41) is 15.2. The molecule has 0 bridgehead atoms. The first-order valence-electron chi connectivity index (χ1n) is 5.85. The average Bonchev–Trinajstić information content (AvgIpc) is 2.30. The first-order valence-corrected chi connectivity index (χ1v) is 6.26. The Morgan fingerprint density at radius 2 is 2.17 bits per heavy atom. The van der Waals surface area contributed by atoms with E-state index in [1.165, 1.54) is 6.92 Å². The summed E-state index contributed by atoms with van der Waals surface area (Å²) < 4.78 is 0. The van der Waals surface area contributed by atoms with Crippen LogP contribution < -0.4 is 10.6 Å². The molecule has 0 aliphatic heterocycles. The first-order chi connectivity index (χ1) is 8.43. The van der Waals surface area contributed by atoms with Crippen molar-refractivity contribution < 1.29 is 9.90 Å². The monoisotopic (exact) mass is 266 g/mol. The van der Waals surface area contributed by atoms with Crippen molar-refractivity contribution in [2.24, 2.45) is 0 Å². The molecule has 1 rings (SSSR count). The lowest BCUT2D eigenvalue weighted by Crippen LogP contribution is -2.32. The van der Waals surface area contributed by atoms with E-state index < -0.39 is 0 Å². The zero-order valence-corrected chi connectivity index (χ0v) is 11.6. The van der Waals surface area contributed by atoms with Crippen molar-refractivity contribution in [2.75, 3.05) is 5.32 Å². The van der Waals surface area contributed by atoms with Crippen LogP contribution in [0.1, 0.15) is 38.7 Å². The Labute approximate surface area is 112 Å². The Balaban J connectivity index is 2.87. The molecule has 0 aliphatic carbocycles. The van der Waals surface area contributed by atoms with Crippen molar-refractivity contribution >= 4 is 28.9 Å². The highest BCUT2D eigenvalue weighted by Crippen LogP contribution is 2.28. The van der Waals surface area contributed by atoms with Gasteiger partial charge in [-0.1, -0.05) is 19.9 Å². The van der Waals surface area contributed by atoms with Gasteiger partial charge in [-0.05, 0) is 42.3 Å². The second-order valence-electron chi connectivity index (χ2n) is 4.22.